The van der Waals surface area contributed by atoms with Crippen LogP contribution >= 0.6 is 35.0 Å². The highest BCUT2D eigenvalue weighted by Crippen LogP contribution is 2.24. The molecule has 2 rings (SSSR count). The van der Waals surface area contributed by atoms with Crippen LogP contribution in [0.25, 0.3) is 0 Å². The number of nitrogens with two attached hydrogens (primary N) is 1. The Labute approximate surface area is 137 Å². The summed E-state index contributed by atoms with van der Waals surface area (Å²) >= 11 is 13.7. The van der Waals surface area contributed by atoms with Crippen molar-refractivity contribution >= 4 is 35.0 Å². The lowest BCUT2D eigenvalue weighted by Crippen LogP contribution is -2.38. The second kappa shape index (κ2) is 8.01. The zero-order valence-electron chi connectivity index (χ0n) is 11.2. The number of hydrogen-bond acceptors (Lipinski definition) is 3. The maximum Gasteiger partial charge on any atom is 0.123 e. The van der Waals surface area contributed by atoms with Gasteiger partial charge in [-0.1, -0.05) is 23.2 Å². The lowest BCUT2D eigenvalue weighted by atomic mass is 10.1. The van der Waals surface area contributed by atoms with Crippen molar-refractivity contribution < 1.29 is 4.39 Å². The summed E-state index contributed by atoms with van der Waals surface area (Å²) in [6.07, 6.45) is 0.671. The first-order valence-corrected chi connectivity index (χ1v) is 8.11. The molecule has 0 radical (unpaired) electrons. The summed E-state index contributed by atoms with van der Waals surface area (Å²) in [5.41, 5.74) is 3.73. The van der Waals surface area contributed by atoms with E-state index >= 15 is 0 Å². The topological polar surface area (TPSA) is 38.0 Å². The van der Waals surface area contributed by atoms with Crippen molar-refractivity contribution in [2.45, 2.75) is 17.4 Å². The number of hydrazine groups is 1. The third-order valence-electron chi connectivity index (χ3n) is 2.97. The van der Waals surface area contributed by atoms with Crippen LogP contribution in [0.15, 0.2) is 47.4 Å². The minimum Gasteiger partial charge on any atom is -0.271 e. The zero-order chi connectivity index (χ0) is 15.2. The molecule has 0 fully saturated rings. The van der Waals surface area contributed by atoms with Gasteiger partial charge in [0.25, 0.3) is 0 Å². The first-order chi connectivity index (χ1) is 10.1. The van der Waals surface area contributed by atoms with E-state index in [1.165, 1.54) is 12.1 Å². The van der Waals surface area contributed by atoms with E-state index in [-0.39, 0.29) is 11.9 Å². The molecule has 0 aliphatic heterocycles. The quantitative estimate of drug-likeness (QED) is 0.466. The molecule has 6 heteroatoms. The highest BCUT2D eigenvalue weighted by Gasteiger charge is 2.11. The van der Waals surface area contributed by atoms with Gasteiger partial charge in [-0.2, -0.15) is 0 Å². The Hall–Kier alpha value is -0.780. The Morgan fingerprint density at radius 1 is 1.14 bits per heavy atom. The van der Waals surface area contributed by atoms with Gasteiger partial charge in [0.2, 0.25) is 0 Å². The third-order valence-corrected chi connectivity index (χ3v) is 4.75. The second-order valence-electron chi connectivity index (χ2n) is 4.57. The number of hydrogen-bond donors (Lipinski definition) is 2. The van der Waals surface area contributed by atoms with Gasteiger partial charge in [-0.25, -0.2) is 4.39 Å². The predicted molar refractivity (Wildman–Crippen MR) is 88.4 cm³/mol. The van der Waals surface area contributed by atoms with Crippen LogP contribution in [0.2, 0.25) is 10.0 Å². The second-order valence-corrected chi connectivity index (χ2v) is 6.51. The number of halogens is 3. The fraction of sp³-hybridized carbons (Fsp3) is 0.200. The van der Waals surface area contributed by atoms with Gasteiger partial charge in [0.05, 0.1) is 0 Å². The van der Waals surface area contributed by atoms with Crippen LogP contribution in [0.5, 0.6) is 0 Å². The van der Waals surface area contributed by atoms with Gasteiger partial charge < -0.3 is 0 Å². The number of nitrogens with one attached hydrogen (secondary N) is 1. The van der Waals surface area contributed by atoms with Crippen LogP contribution in [0.3, 0.4) is 0 Å². The molecule has 0 spiro atoms. The first-order valence-electron chi connectivity index (χ1n) is 6.37. The normalized spacial score (nSPS) is 12.4. The van der Waals surface area contributed by atoms with E-state index in [1.54, 1.807) is 36.0 Å². The SMILES string of the molecule is NNC(CSc1ccc(F)cc1)Cc1cc(Cl)ccc1Cl. The summed E-state index contributed by atoms with van der Waals surface area (Å²) < 4.78 is 12.9. The molecule has 0 aromatic heterocycles. The van der Waals surface area contributed by atoms with Crippen LogP contribution in [-0.4, -0.2) is 11.8 Å². The molecule has 3 N–H and O–H groups in total. The van der Waals surface area contributed by atoms with Crippen LogP contribution in [0.1, 0.15) is 5.56 Å². The summed E-state index contributed by atoms with van der Waals surface area (Å²) in [4.78, 5) is 0.994. The molecule has 112 valence electrons. The molecule has 21 heavy (non-hydrogen) atoms. The third kappa shape index (κ3) is 5.16. The summed E-state index contributed by atoms with van der Waals surface area (Å²) in [5.74, 6) is 6.10. The molecule has 1 atom stereocenters. The monoisotopic (exact) mass is 344 g/mol. The van der Waals surface area contributed by atoms with Gasteiger partial charge in [-0.05, 0) is 54.4 Å². The van der Waals surface area contributed by atoms with Gasteiger partial charge >= 0.3 is 0 Å². The first kappa shape index (κ1) is 16.6. The Balaban J connectivity index is 1.96. The van der Waals surface area contributed by atoms with Crippen molar-refractivity contribution in [1.29, 1.82) is 0 Å². The lowest BCUT2D eigenvalue weighted by molar-refractivity contribution is 0.575. The number of rotatable bonds is 6. The van der Waals surface area contributed by atoms with Gasteiger partial charge in [0.1, 0.15) is 5.82 Å². The van der Waals surface area contributed by atoms with Crippen LogP contribution in [-0.2, 0) is 6.42 Å². The highest BCUT2D eigenvalue weighted by atomic mass is 35.5. The number of benzene rings is 2. The standard InChI is InChI=1S/C15H15Cl2FN2S/c16-11-1-6-15(17)10(7-11)8-13(20-19)9-21-14-4-2-12(18)3-5-14/h1-7,13,20H,8-9,19H2. The van der Waals surface area contributed by atoms with Crippen molar-refractivity contribution in [3.05, 3.63) is 63.9 Å². The van der Waals surface area contributed by atoms with Crippen LogP contribution in [0.4, 0.5) is 4.39 Å². The molecule has 2 aromatic carbocycles. The summed E-state index contributed by atoms with van der Waals surface area (Å²) in [5, 5.41) is 1.32. The fourth-order valence-corrected chi connectivity index (χ4v) is 3.18. The van der Waals surface area contributed by atoms with E-state index in [0.717, 1.165) is 16.2 Å². The zero-order valence-corrected chi connectivity index (χ0v) is 13.5. The lowest BCUT2D eigenvalue weighted by Gasteiger charge is -2.16. The molecule has 0 saturated heterocycles. The van der Waals surface area contributed by atoms with E-state index in [4.69, 9.17) is 29.0 Å². The molecule has 0 amide bonds. The van der Waals surface area contributed by atoms with E-state index in [0.29, 0.717) is 16.5 Å². The average Bonchev–Trinajstić information content (AvgIpc) is 2.48. The molecule has 0 heterocycles. The van der Waals surface area contributed by atoms with Gasteiger partial charge in [-0.3, -0.25) is 11.3 Å². The molecule has 0 saturated carbocycles. The summed E-state index contributed by atoms with van der Waals surface area (Å²) in [7, 11) is 0. The molecule has 0 aliphatic rings. The minimum atomic E-state index is -0.237. The maximum atomic E-state index is 12.9. The maximum absolute atomic E-state index is 12.9. The molecule has 2 nitrogen and oxygen atoms in total. The number of thioether (sulfide) groups is 1. The van der Waals surface area contributed by atoms with Crippen molar-refractivity contribution in [2.75, 3.05) is 5.75 Å². The minimum absolute atomic E-state index is 0.0380. The Morgan fingerprint density at radius 2 is 1.86 bits per heavy atom. The largest absolute Gasteiger partial charge is 0.271 e. The van der Waals surface area contributed by atoms with Crippen molar-refractivity contribution in [3.8, 4) is 0 Å². The molecule has 1 unspecified atom stereocenters. The summed E-state index contributed by atoms with van der Waals surface area (Å²) in [6.45, 7) is 0. The van der Waals surface area contributed by atoms with Crippen molar-refractivity contribution in [2.24, 2.45) is 5.84 Å². The Bertz CT molecular complexity index is 593. The Morgan fingerprint density at radius 3 is 2.52 bits per heavy atom. The fourth-order valence-electron chi connectivity index (χ4n) is 1.86. The molecular weight excluding hydrogens is 330 g/mol. The molecular formula is C15H15Cl2FN2S. The highest BCUT2D eigenvalue weighted by molar-refractivity contribution is 7.99. The smallest absolute Gasteiger partial charge is 0.123 e. The predicted octanol–water partition coefficient (Wildman–Crippen LogP) is 4.30. The van der Waals surface area contributed by atoms with Crippen molar-refractivity contribution in [1.82, 2.24) is 5.43 Å². The average molecular weight is 345 g/mol. The van der Waals surface area contributed by atoms with E-state index in [9.17, 15) is 4.39 Å². The Kier molecular flexibility index (Phi) is 6.33. The van der Waals surface area contributed by atoms with Gasteiger partial charge in [-0.15, -0.1) is 11.8 Å². The van der Waals surface area contributed by atoms with Crippen LogP contribution < -0.4 is 11.3 Å². The van der Waals surface area contributed by atoms with E-state index in [1.807, 2.05) is 6.07 Å². The van der Waals surface area contributed by atoms with Crippen LogP contribution in [0, 0.1) is 5.82 Å². The van der Waals surface area contributed by atoms with Gasteiger partial charge in [0, 0.05) is 26.7 Å². The summed E-state index contributed by atoms with van der Waals surface area (Å²) in [6, 6.07) is 11.8. The molecule has 2 aromatic rings. The van der Waals surface area contributed by atoms with Crippen molar-refractivity contribution in [3.63, 3.8) is 0 Å². The van der Waals surface area contributed by atoms with Gasteiger partial charge in [0.15, 0.2) is 0 Å². The van der Waals surface area contributed by atoms with E-state index in [2.05, 4.69) is 5.43 Å². The molecule has 0 aliphatic carbocycles. The van der Waals surface area contributed by atoms with E-state index < -0.39 is 0 Å². The molecule has 0 bridgehead atoms.